The minimum Gasteiger partial charge on any atom is -0.207 e. The van der Waals surface area contributed by atoms with Gasteiger partial charge in [0.2, 0.25) is 0 Å². The zero-order valence-electron chi connectivity index (χ0n) is 10.6. The average molecular weight is 257 g/mol. The van der Waals surface area contributed by atoms with Crippen molar-refractivity contribution in [3.05, 3.63) is 70.3 Å². The molecule has 0 aromatic heterocycles. The van der Waals surface area contributed by atoms with Gasteiger partial charge in [-0.3, -0.25) is 0 Å². The molecule has 0 saturated carbocycles. The van der Waals surface area contributed by atoms with Gasteiger partial charge in [-0.15, -0.1) is 0 Å². The van der Waals surface area contributed by atoms with E-state index in [-0.39, 0.29) is 11.4 Å². The van der Waals surface area contributed by atoms with Crippen LogP contribution < -0.4 is 0 Å². The average Bonchev–Trinajstić information content (AvgIpc) is 2.41. The van der Waals surface area contributed by atoms with Crippen LogP contribution in [-0.2, 0) is 12.8 Å². The molecule has 0 radical (unpaired) electrons. The summed E-state index contributed by atoms with van der Waals surface area (Å²) >= 11 is 0. The number of aryl methyl sites for hydroxylation is 1. The quantitative estimate of drug-likeness (QED) is 0.815. The summed E-state index contributed by atoms with van der Waals surface area (Å²) in [5.41, 5.74) is 2.18. The Morgan fingerprint density at radius 1 is 1.11 bits per heavy atom. The van der Waals surface area contributed by atoms with E-state index < -0.39 is 5.82 Å². The minimum atomic E-state index is -0.561. The molecule has 96 valence electrons. The van der Waals surface area contributed by atoms with Crippen LogP contribution in [0.5, 0.6) is 0 Å². The van der Waals surface area contributed by atoms with Crippen molar-refractivity contribution in [3.8, 4) is 6.07 Å². The third-order valence-electron chi connectivity index (χ3n) is 3.13. The Bertz CT molecular complexity index is 642. The van der Waals surface area contributed by atoms with Crippen LogP contribution in [0, 0.1) is 23.0 Å². The lowest BCUT2D eigenvalue weighted by Crippen LogP contribution is -1.99. The summed E-state index contributed by atoms with van der Waals surface area (Å²) in [4.78, 5) is 0. The number of nitrogens with zero attached hydrogens (tertiary/aromatic N) is 1. The fourth-order valence-corrected chi connectivity index (χ4v) is 2.10. The molecular weight excluding hydrogens is 244 g/mol. The Morgan fingerprint density at radius 3 is 2.53 bits per heavy atom. The van der Waals surface area contributed by atoms with Crippen molar-refractivity contribution in [1.82, 2.24) is 0 Å². The lowest BCUT2D eigenvalue weighted by atomic mass is 9.97. The van der Waals surface area contributed by atoms with Gasteiger partial charge in [-0.1, -0.05) is 25.1 Å². The molecule has 3 heteroatoms. The third-order valence-corrected chi connectivity index (χ3v) is 3.13. The summed E-state index contributed by atoms with van der Waals surface area (Å²) < 4.78 is 27.3. The van der Waals surface area contributed by atoms with E-state index in [0.29, 0.717) is 17.5 Å². The summed E-state index contributed by atoms with van der Waals surface area (Å²) in [6.07, 6.45) is 1.06. The van der Waals surface area contributed by atoms with E-state index in [4.69, 9.17) is 5.26 Å². The van der Waals surface area contributed by atoms with Gasteiger partial charge in [0.25, 0.3) is 0 Å². The topological polar surface area (TPSA) is 23.8 Å². The van der Waals surface area contributed by atoms with Crippen molar-refractivity contribution in [1.29, 1.82) is 5.26 Å². The molecule has 0 saturated heterocycles. The molecule has 1 nitrogen and oxygen atoms in total. The standard InChI is InChI=1S/C16H13F2N/c1-2-12-4-3-5-15(17)14(12)8-11-6-7-13(10-19)16(18)9-11/h3-7,9H,2,8H2,1H3. The number of hydrogen-bond donors (Lipinski definition) is 0. The van der Waals surface area contributed by atoms with Crippen LogP contribution in [0.3, 0.4) is 0 Å². The maximum atomic E-state index is 13.8. The Morgan fingerprint density at radius 2 is 1.89 bits per heavy atom. The zero-order chi connectivity index (χ0) is 13.8. The van der Waals surface area contributed by atoms with Crippen molar-refractivity contribution in [2.75, 3.05) is 0 Å². The molecule has 0 atom stereocenters. The second kappa shape index (κ2) is 5.62. The predicted octanol–water partition coefficient (Wildman–Crippen LogP) is 3.99. The van der Waals surface area contributed by atoms with E-state index in [0.717, 1.165) is 12.0 Å². The Kier molecular flexibility index (Phi) is 3.91. The van der Waals surface area contributed by atoms with Gasteiger partial charge in [-0.25, -0.2) is 8.78 Å². The first-order valence-electron chi connectivity index (χ1n) is 6.10. The molecule has 0 aliphatic carbocycles. The van der Waals surface area contributed by atoms with Gasteiger partial charge in [0, 0.05) is 6.42 Å². The van der Waals surface area contributed by atoms with Gasteiger partial charge in [-0.2, -0.15) is 5.26 Å². The van der Waals surface area contributed by atoms with Crippen LogP contribution in [0.2, 0.25) is 0 Å². The second-order valence-electron chi connectivity index (χ2n) is 4.33. The summed E-state index contributed by atoms with van der Waals surface area (Å²) in [6, 6.07) is 11.1. The van der Waals surface area contributed by atoms with Crippen LogP contribution in [-0.4, -0.2) is 0 Å². The maximum Gasteiger partial charge on any atom is 0.141 e. The molecule has 0 spiro atoms. The summed E-state index contributed by atoms with van der Waals surface area (Å²) in [5.74, 6) is -0.835. The van der Waals surface area contributed by atoms with Crippen molar-refractivity contribution in [2.45, 2.75) is 19.8 Å². The molecule has 19 heavy (non-hydrogen) atoms. The molecule has 2 aromatic carbocycles. The Hall–Kier alpha value is -2.21. The fourth-order valence-electron chi connectivity index (χ4n) is 2.10. The first-order valence-corrected chi connectivity index (χ1v) is 6.10. The fraction of sp³-hybridized carbons (Fsp3) is 0.188. The van der Waals surface area contributed by atoms with Crippen LogP contribution in [0.4, 0.5) is 8.78 Å². The van der Waals surface area contributed by atoms with Crippen molar-refractivity contribution in [3.63, 3.8) is 0 Å². The van der Waals surface area contributed by atoms with Gasteiger partial charge in [0.05, 0.1) is 5.56 Å². The highest BCUT2D eigenvalue weighted by Gasteiger charge is 2.09. The highest BCUT2D eigenvalue weighted by Crippen LogP contribution is 2.20. The van der Waals surface area contributed by atoms with Crippen LogP contribution >= 0.6 is 0 Å². The Balaban J connectivity index is 2.37. The molecule has 0 fully saturated rings. The summed E-state index contributed by atoms with van der Waals surface area (Å²) in [5, 5.41) is 8.68. The van der Waals surface area contributed by atoms with Crippen molar-refractivity contribution in [2.24, 2.45) is 0 Å². The number of benzene rings is 2. The minimum absolute atomic E-state index is 0.00741. The van der Waals surface area contributed by atoms with Crippen LogP contribution in [0.15, 0.2) is 36.4 Å². The van der Waals surface area contributed by atoms with Gasteiger partial charge < -0.3 is 0 Å². The molecular formula is C16H13F2N. The van der Waals surface area contributed by atoms with Gasteiger partial charge in [0.1, 0.15) is 17.7 Å². The third kappa shape index (κ3) is 2.79. The largest absolute Gasteiger partial charge is 0.207 e. The van der Waals surface area contributed by atoms with Crippen LogP contribution in [0.1, 0.15) is 29.2 Å². The van der Waals surface area contributed by atoms with Gasteiger partial charge in [0.15, 0.2) is 0 Å². The predicted molar refractivity (Wildman–Crippen MR) is 69.7 cm³/mol. The monoisotopic (exact) mass is 257 g/mol. The lowest BCUT2D eigenvalue weighted by molar-refractivity contribution is 0.608. The normalized spacial score (nSPS) is 10.2. The molecule has 0 N–H and O–H groups in total. The van der Waals surface area contributed by atoms with E-state index >= 15 is 0 Å². The molecule has 0 bridgehead atoms. The lowest BCUT2D eigenvalue weighted by Gasteiger charge is -2.09. The molecule has 0 amide bonds. The first-order chi connectivity index (χ1) is 9.15. The van der Waals surface area contributed by atoms with Crippen molar-refractivity contribution >= 4 is 0 Å². The van der Waals surface area contributed by atoms with E-state index in [1.165, 1.54) is 18.2 Å². The number of hydrogen-bond acceptors (Lipinski definition) is 1. The number of halogens is 2. The molecule has 2 rings (SSSR count). The smallest absolute Gasteiger partial charge is 0.141 e. The molecule has 0 heterocycles. The summed E-state index contributed by atoms with van der Waals surface area (Å²) in [6.45, 7) is 1.96. The molecule has 0 unspecified atom stereocenters. The highest BCUT2D eigenvalue weighted by molar-refractivity contribution is 5.38. The molecule has 0 aliphatic rings. The maximum absolute atomic E-state index is 13.8. The highest BCUT2D eigenvalue weighted by atomic mass is 19.1. The van der Waals surface area contributed by atoms with E-state index in [1.807, 2.05) is 13.0 Å². The van der Waals surface area contributed by atoms with E-state index in [2.05, 4.69) is 0 Å². The van der Waals surface area contributed by atoms with Crippen LogP contribution in [0.25, 0.3) is 0 Å². The zero-order valence-corrected chi connectivity index (χ0v) is 10.6. The second-order valence-corrected chi connectivity index (χ2v) is 4.33. The molecule has 2 aromatic rings. The number of rotatable bonds is 3. The van der Waals surface area contributed by atoms with Crippen molar-refractivity contribution < 1.29 is 8.78 Å². The molecule has 0 aliphatic heterocycles. The van der Waals surface area contributed by atoms with Gasteiger partial charge in [-0.05, 0) is 41.3 Å². The Labute approximate surface area is 111 Å². The summed E-state index contributed by atoms with van der Waals surface area (Å²) in [7, 11) is 0. The first kappa shape index (κ1) is 13.2. The van der Waals surface area contributed by atoms with E-state index in [9.17, 15) is 8.78 Å². The number of nitriles is 1. The SMILES string of the molecule is CCc1cccc(F)c1Cc1ccc(C#N)c(F)c1. The van der Waals surface area contributed by atoms with E-state index in [1.54, 1.807) is 18.2 Å². The van der Waals surface area contributed by atoms with Gasteiger partial charge >= 0.3 is 0 Å².